The van der Waals surface area contributed by atoms with E-state index in [4.69, 9.17) is 12.2 Å². The van der Waals surface area contributed by atoms with E-state index in [1.165, 1.54) is 0 Å². The van der Waals surface area contributed by atoms with Gasteiger partial charge in [-0.25, -0.2) is 0 Å². The van der Waals surface area contributed by atoms with Crippen molar-refractivity contribution in [2.45, 2.75) is 33.2 Å². The molecule has 8 nitrogen and oxygen atoms in total. The predicted molar refractivity (Wildman–Crippen MR) is 119 cm³/mol. The number of H-pyrrole nitrogens is 1. The number of hydrogen-bond donors (Lipinski definition) is 2. The minimum absolute atomic E-state index is 0.00782. The van der Waals surface area contributed by atoms with Gasteiger partial charge in [0.2, 0.25) is 11.8 Å². The Hall–Kier alpha value is -2.52. The SMILES string of the molecule is CCCCNC(=O)CN1CCN(C(=O)Cn2c(-c3cccc(C)c3)n[nH]c2=S)CC1. The Kier molecular flexibility index (Phi) is 7.75. The summed E-state index contributed by atoms with van der Waals surface area (Å²) in [5.41, 5.74) is 2.04. The van der Waals surface area contributed by atoms with Crippen LogP contribution in [0.2, 0.25) is 0 Å². The maximum absolute atomic E-state index is 12.9. The van der Waals surface area contributed by atoms with E-state index in [1.807, 2.05) is 36.1 Å². The van der Waals surface area contributed by atoms with Crippen LogP contribution in [-0.4, -0.2) is 75.6 Å². The van der Waals surface area contributed by atoms with E-state index < -0.39 is 0 Å². The monoisotopic (exact) mass is 430 g/mol. The number of aryl methyl sites for hydroxylation is 1. The van der Waals surface area contributed by atoms with Gasteiger partial charge in [0, 0.05) is 38.3 Å². The number of carbonyl (C=O) groups excluding carboxylic acids is 2. The quantitative estimate of drug-likeness (QED) is 0.494. The molecule has 2 amide bonds. The van der Waals surface area contributed by atoms with Crippen LogP contribution in [0.3, 0.4) is 0 Å². The van der Waals surface area contributed by atoms with Crippen LogP contribution >= 0.6 is 12.2 Å². The summed E-state index contributed by atoms with van der Waals surface area (Å²) in [6.45, 7) is 7.96. The van der Waals surface area contributed by atoms with E-state index in [-0.39, 0.29) is 18.4 Å². The van der Waals surface area contributed by atoms with Gasteiger partial charge < -0.3 is 10.2 Å². The molecule has 1 aromatic carbocycles. The van der Waals surface area contributed by atoms with Crippen LogP contribution < -0.4 is 5.32 Å². The molecule has 2 N–H and O–H groups in total. The Morgan fingerprint density at radius 3 is 2.67 bits per heavy atom. The molecule has 1 aliphatic heterocycles. The summed E-state index contributed by atoms with van der Waals surface area (Å²) in [7, 11) is 0. The van der Waals surface area contributed by atoms with Gasteiger partial charge >= 0.3 is 0 Å². The molecular weight excluding hydrogens is 400 g/mol. The molecule has 162 valence electrons. The average molecular weight is 431 g/mol. The van der Waals surface area contributed by atoms with Crippen LogP contribution in [0.5, 0.6) is 0 Å². The van der Waals surface area contributed by atoms with Crippen LogP contribution in [0, 0.1) is 11.7 Å². The number of rotatable bonds is 8. The minimum Gasteiger partial charge on any atom is -0.355 e. The summed E-state index contributed by atoms with van der Waals surface area (Å²) in [6, 6.07) is 7.97. The van der Waals surface area contributed by atoms with Gasteiger partial charge in [0.1, 0.15) is 6.54 Å². The van der Waals surface area contributed by atoms with Gasteiger partial charge in [0.05, 0.1) is 6.54 Å². The summed E-state index contributed by atoms with van der Waals surface area (Å²) in [5.74, 6) is 0.726. The van der Waals surface area contributed by atoms with Crippen molar-refractivity contribution in [3.63, 3.8) is 0 Å². The highest BCUT2D eigenvalue weighted by atomic mass is 32.1. The van der Waals surface area contributed by atoms with Gasteiger partial charge in [-0.1, -0.05) is 37.1 Å². The van der Waals surface area contributed by atoms with E-state index >= 15 is 0 Å². The number of carbonyl (C=O) groups is 2. The lowest BCUT2D eigenvalue weighted by Gasteiger charge is -2.34. The summed E-state index contributed by atoms with van der Waals surface area (Å²) in [6.07, 6.45) is 2.06. The Balaban J connectivity index is 1.55. The standard InChI is InChI=1S/C21H30N6O2S/c1-3-4-8-22-18(28)14-25-9-11-26(12-10-25)19(29)15-27-20(23-24-21(27)30)17-7-5-6-16(2)13-17/h5-7,13H,3-4,8-12,14-15H2,1-2H3,(H,22,28)(H,24,30). The van der Waals surface area contributed by atoms with Crippen molar-refractivity contribution in [1.29, 1.82) is 0 Å². The number of piperazine rings is 1. The van der Waals surface area contributed by atoms with Crippen LogP contribution in [0.25, 0.3) is 11.4 Å². The van der Waals surface area contributed by atoms with Crippen LogP contribution in [0.1, 0.15) is 25.3 Å². The number of amides is 2. The third kappa shape index (κ3) is 5.76. The van der Waals surface area contributed by atoms with E-state index in [2.05, 4.69) is 27.3 Å². The van der Waals surface area contributed by atoms with Gasteiger partial charge in [0.25, 0.3) is 0 Å². The molecule has 0 spiro atoms. The lowest BCUT2D eigenvalue weighted by atomic mass is 10.1. The fraction of sp³-hybridized carbons (Fsp3) is 0.524. The zero-order chi connectivity index (χ0) is 21.5. The fourth-order valence-electron chi connectivity index (χ4n) is 3.52. The van der Waals surface area contributed by atoms with Crippen molar-refractivity contribution in [3.05, 3.63) is 34.6 Å². The van der Waals surface area contributed by atoms with Gasteiger partial charge in [-0.3, -0.25) is 24.2 Å². The normalized spacial score (nSPS) is 14.7. The molecule has 0 atom stereocenters. The Labute approximate surface area is 182 Å². The van der Waals surface area contributed by atoms with Gasteiger partial charge in [-0.05, 0) is 31.6 Å². The van der Waals surface area contributed by atoms with Gasteiger partial charge in [-0.2, -0.15) is 5.10 Å². The molecule has 1 fully saturated rings. The van der Waals surface area contributed by atoms with Gasteiger partial charge in [-0.15, -0.1) is 0 Å². The highest BCUT2D eigenvalue weighted by molar-refractivity contribution is 7.71. The average Bonchev–Trinajstić information content (AvgIpc) is 3.09. The van der Waals surface area contributed by atoms with Crippen molar-refractivity contribution in [2.75, 3.05) is 39.3 Å². The Morgan fingerprint density at radius 1 is 1.20 bits per heavy atom. The molecule has 3 rings (SSSR count). The number of benzene rings is 1. The first-order valence-electron chi connectivity index (χ1n) is 10.5. The molecule has 2 aromatic rings. The van der Waals surface area contributed by atoms with Crippen LogP contribution in [0.15, 0.2) is 24.3 Å². The van der Waals surface area contributed by atoms with Crippen molar-refractivity contribution in [1.82, 2.24) is 29.9 Å². The number of aromatic nitrogens is 3. The first-order valence-corrected chi connectivity index (χ1v) is 10.9. The Bertz CT molecular complexity index is 930. The highest BCUT2D eigenvalue weighted by Gasteiger charge is 2.23. The molecule has 0 saturated carbocycles. The largest absolute Gasteiger partial charge is 0.355 e. The Morgan fingerprint density at radius 2 is 1.97 bits per heavy atom. The van der Waals surface area contributed by atoms with E-state index in [9.17, 15) is 9.59 Å². The molecule has 1 saturated heterocycles. The summed E-state index contributed by atoms with van der Waals surface area (Å²) in [5, 5.41) is 10.1. The molecule has 9 heteroatoms. The molecule has 0 bridgehead atoms. The molecule has 1 aromatic heterocycles. The first kappa shape index (κ1) is 22.2. The van der Waals surface area contributed by atoms with E-state index in [0.717, 1.165) is 30.5 Å². The van der Waals surface area contributed by atoms with E-state index in [1.54, 1.807) is 4.57 Å². The number of unbranched alkanes of at least 4 members (excludes halogenated alkanes) is 1. The van der Waals surface area contributed by atoms with Crippen molar-refractivity contribution < 1.29 is 9.59 Å². The number of hydrogen-bond acceptors (Lipinski definition) is 5. The van der Waals surface area contributed by atoms with Gasteiger partial charge in [0.15, 0.2) is 10.6 Å². The number of aromatic amines is 1. The second-order valence-corrected chi connectivity index (χ2v) is 8.06. The van der Waals surface area contributed by atoms with Crippen molar-refractivity contribution >= 4 is 24.0 Å². The molecule has 1 aliphatic rings. The summed E-state index contributed by atoms with van der Waals surface area (Å²) < 4.78 is 2.18. The third-order valence-corrected chi connectivity index (χ3v) is 5.58. The maximum Gasteiger partial charge on any atom is 0.242 e. The van der Waals surface area contributed by atoms with Crippen molar-refractivity contribution in [2.24, 2.45) is 0 Å². The van der Waals surface area contributed by atoms with E-state index in [0.29, 0.717) is 43.3 Å². The molecule has 0 aliphatic carbocycles. The lowest BCUT2D eigenvalue weighted by Crippen LogP contribution is -2.51. The lowest BCUT2D eigenvalue weighted by molar-refractivity contribution is -0.133. The minimum atomic E-state index is 0.00782. The van der Waals surface area contributed by atoms with Crippen LogP contribution in [0.4, 0.5) is 0 Å². The van der Waals surface area contributed by atoms with Crippen molar-refractivity contribution in [3.8, 4) is 11.4 Å². The first-order chi connectivity index (χ1) is 14.5. The smallest absolute Gasteiger partial charge is 0.242 e. The molecule has 0 unspecified atom stereocenters. The highest BCUT2D eigenvalue weighted by Crippen LogP contribution is 2.19. The zero-order valence-electron chi connectivity index (χ0n) is 17.7. The molecular formula is C21H30N6O2S. The zero-order valence-corrected chi connectivity index (χ0v) is 18.5. The number of nitrogens with zero attached hydrogens (tertiary/aromatic N) is 4. The van der Waals surface area contributed by atoms with Crippen LogP contribution in [-0.2, 0) is 16.1 Å². The maximum atomic E-state index is 12.9. The summed E-state index contributed by atoms with van der Waals surface area (Å²) in [4.78, 5) is 28.8. The second-order valence-electron chi connectivity index (χ2n) is 7.67. The fourth-order valence-corrected chi connectivity index (χ4v) is 3.72. The topological polar surface area (TPSA) is 86.3 Å². The predicted octanol–water partition coefficient (Wildman–Crippen LogP) is 1.98. The summed E-state index contributed by atoms with van der Waals surface area (Å²) >= 11 is 5.36. The number of nitrogens with one attached hydrogen (secondary N) is 2. The molecule has 30 heavy (non-hydrogen) atoms. The molecule has 0 radical (unpaired) electrons. The third-order valence-electron chi connectivity index (χ3n) is 5.27. The molecule has 2 heterocycles. The second kappa shape index (κ2) is 10.5.